The fourth-order valence-electron chi connectivity index (χ4n) is 5.87. The second-order valence-electron chi connectivity index (χ2n) is 7.72. The van der Waals surface area contributed by atoms with Crippen molar-refractivity contribution < 1.29 is 9.53 Å². The van der Waals surface area contributed by atoms with Gasteiger partial charge in [-0.1, -0.05) is 26.3 Å². The predicted octanol–water partition coefficient (Wildman–Crippen LogP) is 3.52. The third-order valence-electron chi connectivity index (χ3n) is 6.91. The third kappa shape index (κ3) is 2.32. The van der Waals surface area contributed by atoms with E-state index in [-0.39, 0.29) is 23.7 Å². The average molecular weight is 350 g/mol. The van der Waals surface area contributed by atoms with Crippen LogP contribution in [-0.4, -0.2) is 25.5 Å². The lowest BCUT2D eigenvalue weighted by molar-refractivity contribution is -0.134. The molecule has 1 aliphatic heterocycles. The van der Waals surface area contributed by atoms with Crippen molar-refractivity contribution in [3.63, 3.8) is 0 Å². The molecule has 0 radical (unpaired) electrons. The Balaban J connectivity index is 0.00000169. The monoisotopic (exact) mass is 349 g/mol. The first-order valence-corrected chi connectivity index (χ1v) is 9.04. The van der Waals surface area contributed by atoms with E-state index in [2.05, 4.69) is 37.4 Å². The average Bonchev–Trinajstić information content (AvgIpc) is 2.55. The van der Waals surface area contributed by atoms with Crippen LogP contribution < -0.4 is 10.1 Å². The van der Waals surface area contributed by atoms with Crippen LogP contribution in [0.2, 0.25) is 0 Å². The van der Waals surface area contributed by atoms with Crippen molar-refractivity contribution >= 4 is 18.2 Å². The van der Waals surface area contributed by atoms with Gasteiger partial charge in [0.2, 0.25) is 0 Å². The van der Waals surface area contributed by atoms with Gasteiger partial charge in [0.25, 0.3) is 0 Å². The van der Waals surface area contributed by atoms with Gasteiger partial charge >= 0.3 is 0 Å². The molecule has 1 heterocycles. The van der Waals surface area contributed by atoms with E-state index >= 15 is 0 Å². The van der Waals surface area contributed by atoms with Crippen LogP contribution in [0.25, 0.3) is 0 Å². The van der Waals surface area contributed by atoms with Crippen LogP contribution in [0, 0.1) is 17.8 Å². The van der Waals surface area contributed by atoms with Gasteiger partial charge in [-0.2, -0.15) is 0 Å². The Morgan fingerprint density at radius 2 is 2.17 bits per heavy atom. The van der Waals surface area contributed by atoms with E-state index in [0.29, 0.717) is 30.1 Å². The molecule has 0 unspecified atom stereocenters. The molecular formula is C20H28ClNO2. The van der Waals surface area contributed by atoms with Crippen LogP contribution in [0.4, 0.5) is 0 Å². The Morgan fingerprint density at radius 1 is 1.38 bits per heavy atom. The van der Waals surface area contributed by atoms with Gasteiger partial charge in [0.1, 0.15) is 11.5 Å². The van der Waals surface area contributed by atoms with Crippen LogP contribution in [0.15, 0.2) is 18.2 Å². The summed E-state index contributed by atoms with van der Waals surface area (Å²) in [7, 11) is 1.73. The van der Waals surface area contributed by atoms with Crippen molar-refractivity contribution in [1.82, 2.24) is 5.32 Å². The first-order chi connectivity index (χ1) is 11.1. The van der Waals surface area contributed by atoms with Crippen LogP contribution in [0.3, 0.4) is 0 Å². The quantitative estimate of drug-likeness (QED) is 0.887. The molecule has 132 valence electrons. The minimum Gasteiger partial charge on any atom is -0.497 e. The first-order valence-electron chi connectivity index (χ1n) is 9.04. The molecule has 1 aromatic carbocycles. The summed E-state index contributed by atoms with van der Waals surface area (Å²) in [5.74, 6) is 2.66. The molecule has 5 atom stereocenters. The van der Waals surface area contributed by atoms with Gasteiger partial charge in [-0.25, -0.2) is 0 Å². The number of nitrogens with one attached hydrogen (secondary N) is 1. The van der Waals surface area contributed by atoms with Crippen molar-refractivity contribution in [2.24, 2.45) is 17.8 Å². The maximum absolute atomic E-state index is 12.8. The SMILES string of the molecule is CC[C@H]1[C@H]2[C@H]3Cc4ccc(OC)cc4[C@]2(CCN3)CC(=O)[C@@H]1C.Cl. The highest BCUT2D eigenvalue weighted by Gasteiger charge is 2.58. The Kier molecular flexibility index (Phi) is 4.69. The summed E-state index contributed by atoms with van der Waals surface area (Å²) < 4.78 is 5.49. The van der Waals surface area contributed by atoms with Crippen LogP contribution in [0.1, 0.15) is 44.2 Å². The van der Waals surface area contributed by atoms with E-state index in [9.17, 15) is 4.79 Å². The third-order valence-corrected chi connectivity index (χ3v) is 6.91. The number of ether oxygens (including phenoxy) is 1. The molecule has 4 rings (SSSR count). The van der Waals surface area contributed by atoms with E-state index < -0.39 is 0 Å². The zero-order valence-corrected chi connectivity index (χ0v) is 15.6. The summed E-state index contributed by atoms with van der Waals surface area (Å²) in [6, 6.07) is 7.02. The maximum atomic E-state index is 12.8. The molecule has 1 N–H and O–H groups in total. The Hall–Kier alpha value is -1.06. The number of carbonyl (C=O) groups is 1. The number of halogens is 1. The molecule has 2 bridgehead atoms. The summed E-state index contributed by atoms with van der Waals surface area (Å²) in [5.41, 5.74) is 2.84. The minimum atomic E-state index is 0. The number of Topliss-reactive ketones (excluding diaryl/α,β-unsaturated/α-hetero) is 1. The smallest absolute Gasteiger partial charge is 0.136 e. The van der Waals surface area contributed by atoms with E-state index in [1.165, 1.54) is 11.1 Å². The van der Waals surface area contributed by atoms with Crippen molar-refractivity contribution in [2.45, 2.75) is 51.0 Å². The topological polar surface area (TPSA) is 38.3 Å². The number of carbonyl (C=O) groups excluding carboxylic acids is 1. The van der Waals surface area contributed by atoms with Gasteiger partial charge < -0.3 is 10.1 Å². The molecule has 3 nitrogen and oxygen atoms in total. The van der Waals surface area contributed by atoms with Crippen molar-refractivity contribution in [3.05, 3.63) is 29.3 Å². The maximum Gasteiger partial charge on any atom is 0.136 e. The summed E-state index contributed by atoms with van der Waals surface area (Å²) in [4.78, 5) is 12.8. The number of fused-ring (bicyclic) bond motifs is 1. The molecule has 1 saturated carbocycles. The summed E-state index contributed by atoms with van der Waals surface area (Å²) in [5, 5.41) is 3.77. The van der Waals surface area contributed by atoms with Crippen LogP contribution in [0.5, 0.6) is 5.75 Å². The normalized spacial score (nSPS) is 37.0. The number of hydrogen-bond acceptors (Lipinski definition) is 3. The molecule has 0 spiro atoms. The van der Waals surface area contributed by atoms with E-state index in [1.54, 1.807) is 7.11 Å². The van der Waals surface area contributed by atoms with Gasteiger partial charge in [-0.05, 0) is 54.5 Å². The standard InChI is InChI=1S/C20H27NO2.ClH/c1-4-15-12(2)18(22)11-20-7-8-21-17(19(15)20)9-13-5-6-14(23-3)10-16(13)20;/h5-6,10,12,15,17,19,21H,4,7-9,11H2,1-3H3;1H/t12-,15-,17-,19+,20+;/m1./s1. The first kappa shape index (κ1) is 17.8. The molecular weight excluding hydrogens is 322 g/mol. The fourth-order valence-corrected chi connectivity index (χ4v) is 5.87. The zero-order chi connectivity index (χ0) is 16.2. The number of methoxy groups -OCH3 is 1. The number of hydrogen-bond donors (Lipinski definition) is 1. The highest BCUT2D eigenvalue weighted by molar-refractivity contribution is 5.85. The lowest BCUT2D eigenvalue weighted by atomic mass is 9.47. The zero-order valence-electron chi connectivity index (χ0n) is 14.8. The molecule has 0 aromatic heterocycles. The highest BCUT2D eigenvalue weighted by Crippen LogP contribution is 2.57. The van der Waals surface area contributed by atoms with Crippen LogP contribution in [-0.2, 0) is 16.6 Å². The Bertz CT molecular complexity index is 647. The number of piperidine rings is 1. The Labute approximate surface area is 151 Å². The van der Waals surface area contributed by atoms with Crippen molar-refractivity contribution in [1.29, 1.82) is 0 Å². The fraction of sp³-hybridized carbons (Fsp3) is 0.650. The second-order valence-corrected chi connectivity index (χ2v) is 7.72. The number of ketones is 1. The van der Waals surface area contributed by atoms with E-state index in [0.717, 1.165) is 31.6 Å². The van der Waals surface area contributed by atoms with Gasteiger partial charge in [0.15, 0.2) is 0 Å². The van der Waals surface area contributed by atoms with Crippen molar-refractivity contribution in [3.8, 4) is 5.75 Å². The second kappa shape index (κ2) is 6.34. The lowest BCUT2D eigenvalue weighted by Gasteiger charge is -2.59. The largest absolute Gasteiger partial charge is 0.497 e. The molecule has 1 saturated heterocycles. The summed E-state index contributed by atoms with van der Waals surface area (Å²) in [6.45, 7) is 5.43. The molecule has 3 aliphatic rings. The molecule has 2 aliphatic carbocycles. The highest BCUT2D eigenvalue weighted by atomic mass is 35.5. The van der Waals surface area contributed by atoms with Gasteiger partial charge in [0, 0.05) is 23.8 Å². The molecule has 24 heavy (non-hydrogen) atoms. The molecule has 2 fully saturated rings. The van der Waals surface area contributed by atoms with Gasteiger partial charge in [-0.3, -0.25) is 4.79 Å². The van der Waals surface area contributed by atoms with E-state index in [4.69, 9.17) is 4.74 Å². The van der Waals surface area contributed by atoms with Gasteiger partial charge in [0.05, 0.1) is 7.11 Å². The molecule has 1 aromatic rings. The number of rotatable bonds is 2. The number of benzene rings is 1. The molecule has 0 amide bonds. The van der Waals surface area contributed by atoms with Crippen molar-refractivity contribution in [2.75, 3.05) is 13.7 Å². The van der Waals surface area contributed by atoms with Crippen LogP contribution >= 0.6 is 12.4 Å². The summed E-state index contributed by atoms with van der Waals surface area (Å²) >= 11 is 0. The van der Waals surface area contributed by atoms with E-state index in [1.807, 2.05) is 0 Å². The predicted molar refractivity (Wildman–Crippen MR) is 98.1 cm³/mol. The minimum absolute atomic E-state index is 0. The lowest BCUT2D eigenvalue weighted by Crippen LogP contribution is -2.64. The summed E-state index contributed by atoms with van der Waals surface area (Å²) in [6.07, 6.45) is 3.97. The van der Waals surface area contributed by atoms with Gasteiger partial charge in [-0.15, -0.1) is 12.4 Å². The Morgan fingerprint density at radius 3 is 2.88 bits per heavy atom. The molecule has 4 heteroatoms.